The molecule has 2 saturated carbocycles. The van der Waals surface area contributed by atoms with Crippen LogP contribution in [0.5, 0.6) is 5.75 Å². The molecule has 1 saturated heterocycles. The molecule has 2 aromatic rings. The SMILES string of the molecule is CCOc1cc(C2CC2)cc2c1nc(C(=O)N1CCN([C@H]3CC[C@H](O)CC3)C(=O)C1)n2C. The van der Waals surface area contributed by atoms with Gasteiger partial charge in [-0.2, -0.15) is 0 Å². The van der Waals surface area contributed by atoms with Crippen molar-refractivity contribution >= 4 is 22.8 Å². The molecule has 1 aromatic heterocycles. The summed E-state index contributed by atoms with van der Waals surface area (Å²) in [5.74, 6) is 1.40. The molecule has 0 atom stereocenters. The molecule has 1 aromatic carbocycles. The van der Waals surface area contributed by atoms with E-state index >= 15 is 0 Å². The highest BCUT2D eigenvalue weighted by molar-refractivity contribution is 5.98. The van der Waals surface area contributed by atoms with E-state index < -0.39 is 0 Å². The van der Waals surface area contributed by atoms with Crippen LogP contribution < -0.4 is 4.74 Å². The largest absolute Gasteiger partial charge is 0.492 e. The molecule has 8 heteroatoms. The molecule has 2 aliphatic carbocycles. The second-order valence-electron chi connectivity index (χ2n) is 9.36. The second kappa shape index (κ2) is 8.39. The molecule has 0 bridgehead atoms. The van der Waals surface area contributed by atoms with Gasteiger partial charge in [-0.15, -0.1) is 0 Å². The lowest BCUT2D eigenvalue weighted by Crippen LogP contribution is -2.56. The lowest BCUT2D eigenvalue weighted by atomic mass is 9.91. The van der Waals surface area contributed by atoms with Crippen molar-refractivity contribution in [3.8, 4) is 5.75 Å². The highest BCUT2D eigenvalue weighted by atomic mass is 16.5. The third kappa shape index (κ3) is 3.85. The van der Waals surface area contributed by atoms with Crippen molar-refractivity contribution in [1.82, 2.24) is 19.4 Å². The Hall–Kier alpha value is -2.61. The van der Waals surface area contributed by atoms with Crippen LogP contribution in [0.2, 0.25) is 0 Å². The predicted molar refractivity (Wildman–Crippen MR) is 120 cm³/mol. The Balaban J connectivity index is 1.36. The number of rotatable bonds is 5. The van der Waals surface area contributed by atoms with Gasteiger partial charge in [0.25, 0.3) is 5.91 Å². The Kier molecular flexibility index (Phi) is 5.57. The molecule has 5 rings (SSSR count). The minimum absolute atomic E-state index is 0.0178. The normalized spacial score (nSPS) is 24.3. The van der Waals surface area contributed by atoms with E-state index in [-0.39, 0.29) is 30.5 Å². The molecule has 2 heterocycles. The number of fused-ring (bicyclic) bond motifs is 1. The van der Waals surface area contributed by atoms with Crippen LogP contribution >= 0.6 is 0 Å². The topological polar surface area (TPSA) is 87.9 Å². The van der Waals surface area contributed by atoms with Gasteiger partial charge in [-0.1, -0.05) is 0 Å². The molecular formula is C24H32N4O4. The zero-order chi connectivity index (χ0) is 22.4. The first-order valence-corrected chi connectivity index (χ1v) is 11.9. The van der Waals surface area contributed by atoms with Gasteiger partial charge in [0.05, 0.1) is 18.2 Å². The number of carbonyl (C=O) groups excluding carboxylic acids is 2. The van der Waals surface area contributed by atoms with E-state index in [1.807, 2.05) is 23.4 Å². The number of aryl methyl sites for hydroxylation is 1. The maximum atomic E-state index is 13.4. The number of ether oxygens (including phenoxy) is 1. The molecule has 1 N–H and O–H groups in total. The fourth-order valence-corrected chi connectivity index (χ4v) is 5.14. The summed E-state index contributed by atoms with van der Waals surface area (Å²) < 4.78 is 7.70. The lowest BCUT2D eigenvalue weighted by molar-refractivity contribution is -0.138. The van der Waals surface area contributed by atoms with Gasteiger partial charge in [-0.25, -0.2) is 4.98 Å². The maximum absolute atomic E-state index is 13.4. The summed E-state index contributed by atoms with van der Waals surface area (Å²) in [6.45, 7) is 3.59. The van der Waals surface area contributed by atoms with E-state index in [1.54, 1.807) is 4.90 Å². The van der Waals surface area contributed by atoms with Crippen LogP contribution in [-0.2, 0) is 11.8 Å². The van der Waals surface area contributed by atoms with E-state index in [0.717, 1.165) is 36.9 Å². The first-order valence-electron chi connectivity index (χ1n) is 11.9. The number of imidazole rings is 1. The minimum atomic E-state index is -0.247. The molecule has 0 unspecified atom stereocenters. The zero-order valence-corrected chi connectivity index (χ0v) is 18.9. The van der Waals surface area contributed by atoms with E-state index in [4.69, 9.17) is 4.74 Å². The number of hydrogen-bond acceptors (Lipinski definition) is 5. The van der Waals surface area contributed by atoms with E-state index in [0.29, 0.717) is 37.0 Å². The van der Waals surface area contributed by atoms with Crippen molar-refractivity contribution in [3.63, 3.8) is 0 Å². The van der Waals surface area contributed by atoms with Gasteiger partial charge >= 0.3 is 0 Å². The van der Waals surface area contributed by atoms with Gasteiger partial charge in [-0.3, -0.25) is 9.59 Å². The first kappa shape index (κ1) is 21.2. The minimum Gasteiger partial charge on any atom is -0.492 e. The molecule has 0 radical (unpaired) electrons. The van der Waals surface area contributed by atoms with Crippen molar-refractivity contribution in [3.05, 3.63) is 23.5 Å². The fraction of sp³-hybridized carbons (Fsp3) is 0.625. The van der Waals surface area contributed by atoms with Crippen LogP contribution in [-0.4, -0.2) is 74.7 Å². The van der Waals surface area contributed by atoms with Crippen LogP contribution in [0.15, 0.2) is 12.1 Å². The van der Waals surface area contributed by atoms with Crippen LogP contribution in [0, 0.1) is 0 Å². The summed E-state index contributed by atoms with van der Waals surface area (Å²) >= 11 is 0. The summed E-state index contributed by atoms with van der Waals surface area (Å²) in [5.41, 5.74) is 2.84. The third-order valence-electron chi connectivity index (χ3n) is 7.17. The van der Waals surface area contributed by atoms with Crippen LogP contribution in [0.4, 0.5) is 0 Å². The van der Waals surface area contributed by atoms with Crippen molar-refractivity contribution in [2.45, 2.75) is 63.5 Å². The highest BCUT2D eigenvalue weighted by Crippen LogP contribution is 2.43. The molecule has 1 aliphatic heterocycles. The van der Waals surface area contributed by atoms with Gasteiger partial charge < -0.3 is 24.2 Å². The van der Waals surface area contributed by atoms with Gasteiger partial charge in [0.2, 0.25) is 5.91 Å². The Morgan fingerprint density at radius 2 is 1.91 bits per heavy atom. The third-order valence-corrected chi connectivity index (χ3v) is 7.17. The summed E-state index contributed by atoms with van der Waals surface area (Å²) in [4.78, 5) is 34.4. The van der Waals surface area contributed by atoms with Crippen LogP contribution in [0.25, 0.3) is 11.0 Å². The number of aliphatic hydroxyl groups excluding tert-OH is 1. The number of nitrogens with zero attached hydrogens (tertiary/aromatic N) is 4. The summed E-state index contributed by atoms with van der Waals surface area (Å²) in [5, 5.41) is 9.75. The van der Waals surface area contributed by atoms with Crippen molar-refractivity contribution < 1.29 is 19.4 Å². The van der Waals surface area contributed by atoms with Crippen molar-refractivity contribution in [2.75, 3.05) is 26.2 Å². The van der Waals surface area contributed by atoms with Crippen LogP contribution in [0.3, 0.4) is 0 Å². The Bertz CT molecular complexity index is 1040. The quantitative estimate of drug-likeness (QED) is 0.772. The number of benzene rings is 1. The van der Waals surface area contributed by atoms with Gasteiger partial charge in [0.1, 0.15) is 17.8 Å². The molecule has 3 aliphatic rings. The standard InChI is InChI=1S/C24H32N4O4/c1-3-32-20-13-16(15-4-5-15)12-19-22(20)25-23(26(19)2)24(31)27-10-11-28(21(30)14-27)17-6-8-18(29)9-7-17/h12-13,15,17-18,29H,3-11,14H2,1-2H3/t17-,18-. The summed E-state index contributed by atoms with van der Waals surface area (Å²) in [6.07, 6.45) is 5.26. The predicted octanol–water partition coefficient (Wildman–Crippen LogP) is 2.44. The lowest BCUT2D eigenvalue weighted by Gasteiger charge is -2.41. The van der Waals surface area contributed by atoms with Crippen molar-refractivity contribution in [1.29, 1.82) is 0 Å². The number of amides is 2. The molecule has 2 amide bonds. The monoisotopic (exact) mass is 440 g/mol. The molecule has 3 fully saturated rings. The highest BCUT2D eigenvalue weighted by Gasteiger charge is 2.35. The van der Waals surface area contributed by atoms with E-state index in [2.05, 4.69) is 17.1 Å². The van der Waals surface area contributed by atoms with E-state index in [9.17, 15) is 14.7 Å². The van der Waals surface area contributed by atoms with Gasteiger partial charge in [0, 0.05) is 26.2 Å². The van der Waals surface area contributed by atoms with E-state index in [1.165, 1.54) is 18.4 Å². The smallest absolute Gasteiger partial charge is 0.290 e. The van der Waals surface area contributed by atoms with Crippen molar-refractivity contribution in [2.24, 2.45) is 7.05 Å². The molecule has 172 valence electrons. The maximum Gasteiger partial charge on any atom is 0.290 e. The average molecular weight is 441 g/mol. The molecule has 32 heavy (non-hydrogen) atoms. The number of aromatic nitrogens is 2. The van der Waals surface area contributed by atoms with Crippen LogP contribution in [0.1, 0.15) is 67.5 Å². The fourth-order valence-electron chi connectivity index (χ4n) is 5.14. The van der Waals surface area contributed by atoms with Gasteiger partial charge in [0.15, 0.2) is 5.82 Å². The second-order valence-corrected chi connectivity index (χ2v) is 9.36. The number of aliphatic hydroxyl groups is 1. The Morgan fingerprint density at radius 3 is 2.56 bits per heavy atom. The molecule has 8 nitrogen and oxygen atoms in total. The number of piperazine rings is 1. The molecule has 0 spiro atoms. The number of hydrogen-bond donors (Lipinski definition) is 1. The average Bonchev–Trinajstić information content (AvgIpc) is 3.58. The number of carbonyl (C=O) groups is 2. The summed E-state index contributed by atoms with van der Waals surface area (Å²) in [7, 11) is 1.86. The first-order chi connectivity index (χ1) is 15.5. The molecular weight excluding hydrogens is 408 g/mol. The summed E-state index contributed by atoms with van der Waals surface area (Å²) in [6, 6.07) is 4.36. The Morgan fingerprint density at radius 1 is 1.16 bits per heavy atom. The zero-order valence-electron chi connectivity index (χ0n) is 18.9. The van der Waals surface area contributed by atoms with Gasteiger partial charge in [-0.05, 0) is 69.1 Å². The Labute approximate surface area is 188 Å².